The van der Waals surface area contributed by atoms with Gasteiger partial charge in [-0.15, -0.1) is 0 Å². The number of nitrogens with one attached hydrogen (secondary N) is 2. The summed E-state index contributed by atoms with van der Waals surface area (Å²) < 4.78 is 0. The second-order valence-electron chi connectivity index (χ2n) is 6.82. The van der Waals surface area contributed by atoms with E-state index in [1.54, 1.807) is 7.05 Å². The molecule has 1 fully saturated rings. The highest BCUT2D eigenvalue weighted by Crippen LogP contribution is 2.11. The number of hydrogen-bond donors (Lipinski definition) is 2. The molecule has 0 aromatic heterocycles. The monoisotopic (exact) mass is 338 g/mol. The van der Waals surface area contributed by atoms with Crippen molar-refractivity contribution in [3.63, 3.8) is 0 Å². The number of amides is 2. The zero-order chi connectivity index (χ0) is 17.8. The van der Waals surface area contributed by atoms with Gasteiger partial charge in [-0.2, -0.15) is 0 Å². The maximum atomic E-state index is 11.7. The van der Waals surface area contributed by atoms with Crippen molar-refractivity contribution in [2.45, 2.75) is 65.2 Å². The summed E-state index contributed by atoms with van der Waals surface area (Å²) in [4.78, 5) is 29.0. The molecule has 6 heteroatoms. The fraction of sp³-hybridized carbons (Fsp3) is 0.833. The summed E-state index contributed by atoms with van der Waals surface area (Å²) in [6.07, 6.45) is 7.90. The Balaban J connectivity index is 2.10. The second-order valence-corrected chi connectivity index (χ2v) is 6.82. The van der Waals surface area contributed by atoms with E-state index in [0.717, 1.165) is 24.8 Å². The van der Waals surface area contributed by atoms with E-state index < -0.39 is 0 Å². The average Bonchev–Trinajstić information content (AvgIpc) is 2.54. The number of guanidine groups is 1. The summed E-state index contributed by atoms with van der Waals surface area (Å²) in [7, 11) is 1.73. The summed E-state index contributed by atoms with van der Waals surface area (Å²) in [6.45, 7) is 6.37. The number of unbranched alkanes of at least 4 members (excludes halogenated alkanes) is 3. The molecule has 0 bridgehead atoms. The molecule has 0 spiro atoms. The van der Waals surface area contributed by atoms with Gasteiger partial charge in [0.05, 0.1) is 0 Å². The molecule has 0 aromatic carbocycles. The van der Waals surface area contributed by atoms with Crippen LogP contribution in [-0.4, -0.2) is 49.4 Å². The third-order valence-corrected chi connectivity index (χ3v) is 4.24. The minimum Gasteiger partial charge on any atom is -0.356 e. The number of piperidine rings is 1. The van der Waals surface area contributed by atoms with Crippen LogP contribution < -0.4 is 10.6 Å². The molecule has 0 aliphatic carbocycles. The fourth-order valence-corrected chi connectivity index (χ4v) is 2.79. The second kappa shape index (κ2) is 11.9. The Morgan fingerprint density at radius 2 is 1.67 bits per heavy atom. The van der Waals surface area contributed by atoms with Crippen LogP contribution in [0.15, 0.2) is 4.99 Å². The molecule has 24 heavy (non-hydrogen) atoms. The number of nitrogens with zero attached hydrogens (tertiary/aromatic N) is 2. The van der Waals surface area contributed by atoms with Crippen molar-refractivity contribution >= 4 is 17.8 Å². The minimum atomic E-state index is -0.0580. The lowest BCUT2D eigenvalue weighted by Gasteiger charge is -2.25. The first-order valence-electron chi connectivity index (χ1n) is 9.32. The Morgan fingerprint density at radius 3 is 2.29 bits per heavy atom. The Hall–Kier alpha value is -1.59. The highest BCUT2D eigenvalue weighted by molar-refractivity contribution is 5.97. The molecule has 0 saturated carbocycles. The Bertz CT molecular complexity index is 405. The molecule has 2 N–H and O–H groups in total. The van der Waals surface area contributed by atoms with Gasteiger partial charge in [-0.05, 0) is 18.8 Å². The van der Waals surface area contributed by atoms with Gasteiger partial charge in [0.2, 0.25) is 11.8 Å². The molecular weight excluding hydrogens is 304 g/mol. The number of carbonyl (C=O) groups is 2. The van der Waals surface area contributed by atoms with Crippen molar-refractivity contribution in [1.29, 1.82) is 0 Å². The van der Waals surface area contributed by atoms with Crippen LogP contribution in [0, 0.1) is 5.92 Å². The minimum absolute atomic E-state index is 0.0580. The van der Waals surface area contributed by atoms with Crippen LogP contribution in [0.25, 0.3) is 0 Å². The summed E-state index contributed by atoms with van der Waals surface area (Å²) in [6, 6.07) is 0. The maximum Gasteiger partial charge on any atom is 0.229 e. The molecular formula is C18H34N4O2. The molecule has 1 rings (SSSR count). The van der Waals surface area contributed by atoms with E-state index in [1.807, 2.05) is 0 Å². The van der Waals surface area contributed by atoms with E-state index >= 15 is 0 Å². The van der Waals surface area contributed by atoms with Crippen LogP contribution in [-0.2, 0) is 9.59 Å². The van der Waals surface area contributed by atoms with E-state index in [0.29, 0.717) is 32.4 Å². The lowest BCUT2D eigenvalue weighted by Crippen LogP contribution is -2.46. The average molecular weight is 338 g/mol. The highest BCUT2D eigenvalue weighted by Gasteiger charge is 2.25. The lowest BCUT2D eigenvalue weighted by molar-refractivity contribution is -0.147. The molecule has 0 aromatic rings. The van der Waals surface area contributed by atoms with Gasteiger partial charge in [-0.1, -0.05) is 39.5 Å². The lowest BCUT2D eigenvalue weighted by atomic mass is 10.0. The number of carbonyl (C=O) groups excluding carboxylic acids is 2. The van der Waals surface area contributed by atoms with Crippen molar-refractivity contribution < 1.29 is 9.59 Å². The molecule has 1 aliphatic heterocycles. The third-order valence-electron chi connectivity index (χ3n) is 4.24. The van der Waals surface area contributed by atoms with Crippen LogP contribution in [0.4, 0.5) is 0 Å². The topological polar surface area (TPSA) is 73.8 Å². The van der Waals surface area contributed by atoms with Crippen LogP contribution in [0.3, 0.4) is 0 Å². The molecule has 0 unspecified atom stereocenters. The summed E-state index contributed by atoms with van der Waals surface area (Å²) in [5.74, 6) is 1.41. The number of aliphatic imine (C=N–C) groups is 1. The van der Waals surface area contributed by atoms with Crippen LogP contribution in [0.5, 0.6) is 0 Å². The normalized spacial score (nSPS) is 16.0. The van der Waals surface area contributed by atoms with E-state index in [2.05, 4.69) is 29.5 Å². The Labute approximate surface area is 146 Å². The molecule has 2 amide bonds. The van der Waals surface area contributed by atoms with Gasteiger partial charge in [0.15, 0.2) is 5.96 Å². The van der Waals surface area contributed by atoms with E-state index in [-0.39, 0.29) is 11.8 Å². The van der Waals surface area contributed by atoms with Crippen LogP contribution >= 0.6 is 0 Å². The predicted molar refractivity (Wildman–Crippen MR) is 97.9 cm³/mol. The number of rotatable bonds is 10. The standard InChI is InChI=1S/C18H34N4O2/c1-15(2)9-6-4-5-7-12-20-18(19-3)21-13-14-22-16(23)10-8-11-17(22)24/h15H,4-14H2,1-3H3,(H2,19,20,21). The Morgan fingerprint density at radius 1 is 1.04 bits per heavy atom. The van der Waals surface area contributed by atoms with Crippen molar-refractivity contribution in [2.24, 2.45) is 10.9 Å². The summed E-state index contributed by atoms with van der Waals surface area (Å²) >= 11 is 0. The number of imide groups is 1. The SMILES string of the molecule is CN=C(NCCCCCCC(C)C)NCCN1C(=O)CCCC1=O. The molecule has 6 nitrogen and oxygen atoms in total. The molecule has 1 aliphatic rings. The molecule has 1 saturated heterocycles. The molecule has 138 valence electrons. The van der Waals surface area contributed by atoms with Gasteiger partial charge in [-0.25, -0.2) is 0 Å². The van der Waals surface area contributed by atoms with Crippen molar-refractivity contribution in [2.75, 3.05) is 26.7 Å². The van der Waals surface area contributed by atoms with Gasteiger partial charge < -0.3 is 10.6 Å². The predicted octanol–water partition coefficient (Wildman–Crippen LogP) is 2.30. The van der Waals surface area contributed by atoms with Crippen LogP contribution in [0.2, 0.25) is 0 Å². The summed E-state index contributed by atoms with van der Waals surface area (Å²) in [5, 5.41) is 6.45. The number of hydrogen-bond acceptors (Lipinski definition) is 3. The first-order valence-corrected chi connectivity index (χ1v) is 9.32. The van der Waals surface area contributed by atoms with Crippen molar-refractivity contribution in [3.8, 4) is 0 Å². The van der Waals surface area contributed by atoms with Gasteiger partial charge in [0, 0.05) is 39.5 Å². The van der Waals surface area contributed by atoms with E-state index in [4.69, 9.17) is 0 Å². The smallest absolute Gasteiger partial charge is 0.229 e. The maximum absolute atomic E-state index is 11.7. The van der Waals surface area contributed by atoms with E-state index in [1.165, 1.54) is 30.6 Å². The number of likely N-dealkylation sites (tertiary alicyclic amines) is 1. The van der Waals surface area contributed by atoms with Crippen molar-refractivity contribution in [3.05, 3.63) is 0 Å². The zero-order valence-corrected chi connectivity index (χ0v) is 15.6. The van der Waals surface area contributed by atoms with Crippen molar-refractivity contribution in [1.82, 2.24) is 15.5 Å². The first kappa shape index (κ1) is 20.5. The largest absolute Gasteiger partial charge is 0.356 e. The quantitative estimate of drug-likeness (QED) is 0.277. The fourth-order valence-electron chi connectivity index (χ4n) is 2.79. The zero-order valence-electron chi connectivity index (χ0n) is 15.6. The van der Waals surface area contributed by atoms with E-state index in [9.17, 15) is 9.59 Å². The Kier molecular flexibility index (Phi) is 10.1. The first-order chi connectivity index (χ1) is 11.5. The molecule has 0 radical (unpaired) electrons. The van der Waals surface area contributed by atoms with Gasteiger partial charge in [0.1, 0.15) is 0 Å². The van der Waals surface area contributed by atoms with Gasteiger partial charge in [0.25, 0.3) is 0 Å². The molecule has 0 atom stereocenters. The summed E-state index contributed by atoms with van der Waals surface area (Å²) in [5.41, 5.74) is 0. The van der Waals surface area contributed by atoms with Gasteiger partial charge >= 0.3 is 0 Å². The third kappa shape index (κ3) is 8.31. The molecule has 1 heterocycles. The van der Waals surface area contributed by atoms with Gasteiger partial charge in [-0.3, -0.25) is 19.5 Å². The van der Waals surface area contributed by atoms with Crippen LogP contribution in [0.1, 0.15) is 65.2 Å². The highest BCUT2D eigenvalue weighted by atomic mass is 16.2.